The summed E-state index contributed by atoms with van der Waals surface area (Å²) in [6, 6.07) is 7.05. The number of rotatable bonds is 6. The fraction of sp³-hybridized carbons (Fsp3) is 0.594. The molecule has 2 aromatic rings. The maximum Gasteiger partial charge on any atom is 0.435 e. The number of carbonyl (C=O) groups is 1. The molecule has 1 aliphatic heterocycles. The van der Waals surface area contributed by atoms with Gasteiger partial charge in [-0.15, -0.1) is 0 Å². The Morgan fingerprint density at radius 3 is 1.93 bits per heavy atom. The van der Waals surface area contributed by atoms with Crippen molar-refractivity contribution in [1.82, 2.24) is 4.90 Å². The maximum atomic E-state index is 14.8. The normalized spacial score (nSPS) is 28.8. The first kappa shape index (κ1) is 32.3. The molecule has 1 unspecified atom stereocenters. The molecule has 5 aliphatic rings. The van der Waals surface area contributed by atoms with Crippen molar-refractivity contribution in [2.24, 2.45) is 10.8 Å². The molecule has 13 heteroatoms. The van der Waals surface area contributed by atoms with Gasteiger partial charge in [-0.25, -0.2) is 12.8 Å². The lowest BCUT2D eigenvalue weighted by molar-refractivity contribution is -0.348. The van der Waals surface area contributed by atoms with Gasteiger partial charge in [0.15, 0.2) is 9.84 Å². The lowest BCUT2D eigenvalue weighted by atomic mass is 9.53. The number of halogens is 7. The summed E-state index contributed by atoms with van der Waals surface area (Å²) in [6.45, 7) is -0.311. The summed E-state index contributed by atoms with van der Waals surface area (Å²) >= 11 is 0. The van der Waals surface area contributed by atoms with E-state index in [4.69, 9.17) is 0 Å². The SMILES string of the molecule is O=C(N1CCC(c2ccc(C(F)(C(F)(F)F)C(F)(F)F)cc2)(S(=O)(=O)c2ccc3c(c2)CCC3)C1)[C@]12CC[C@@](CO)(CC1)CC2. The summed E-state index contributed by atoms with van der Waals surface area (Å²) in [5.41, 5.74) is -6.57. The number of benzene rings is 2. The largest absolute Gasteiger partial charge is 0.435 e. The molecule has 1 atom stereocenters. The van der Waals surface area contributed by atoms with Gasteiger partial charge in [0.1, 0.15) is 4.75 Å². The number of amides is 1. The summed E-state index contributed by atoms with van der Waals surface area (Å²) in [5, 5.41) is 9.90. The molecule has 4 aliphatic carbocycles. The molecular formula is C32H34F7NO4S. The van der Waals surface area contributed by atoms with E-state index in [1.165, 1.54) is 11.0 Å². The molecule has 4 fully saturated rings. The monoisotopic (exact) mass is 661 g/mol. The third kappa shape index (κ3) is 4.72. The van der Waals surface area contributed by atoms with Gasteiger partial charge in [0.05, 0.1) is 4.90 Å². The van der Waals surface area contributed by atoms with Crippen molar-refractivity contribution < 1.29 is 49.1 Å². The Kier molecular flexibility index (Phi) is 7.47. The molecule has 1 saturated heterocycles. The Morgan fingerprint density at radius 1 is 0.800 bits per heavy atom. The van der Waals surface area contributed by atoms with E-state index in [2.05, 4.69) is 0 Å². The molecule has 1 N–H and O–H groups in total. The molecule has 0 spiro atoms. The molecule has 246 valence electrons. The first-order valence-electron chi connectivity index (χ1n) is 15.1. The summed E-state index contributed by atoms with van der Waals surface area (Å²) in [6.07, 6.45) is -6.89. The van der Waals surface area contributed by atoms with Crippen LogP contribution in [-0.4, -0.2) is 56.4 Å². The second kappa shape index (κ2) is 10.4. The third-order valence-corrected chi connectivity index (χ3v) is 13.7. The van der Waals surface area contributed by atoms with Crippen LogP contribution in [0.15, 0.2) is 47.4 Å². The Hall–Kier alpha value is -2.67. The van der Waals surface area contributed by atoms with Crippen molar-refractivity contribution in [2.75, 3.05) is 19.7 Å². The fourth-order valence-electron chi connectivity index (χ4n) is 8.15. The number of likely N-dealkylation sites (tertiary alicyclic amines) is 1. The number of sulfone groups is 1. The van der Waals surface area contributed by atoms with Crippen molar-refractivity contribution in [3.05, 3.63) is 64.7 Å². The van der Waals surface area contributed by atoms with E-state index < -0.39 is 43.6 Å². The first-order chi connectivity index (χ1) is 20.9. The van der Waals surface area contributed by atoms with E-state index in [1.54, 1.807) is 12.1 Å². The van der Waals surface area contributed by atoms with Crippen LogP contribution in [0.3, 0.4) is 0 Å². The predicted molar refractivity (Wildman–Crippen MR) is 150 cm³/mol. The zero-order chi connectivity index (χ0) is 32.7. The van der Waals surface area contributed by atoms with Gasteiger partial charge in [0.25, 0.3) is 0 Å². The van der Waals surface area contributed by atoms with Crippen molar-refractivity contribution in [3.63, 3.8) is 0 Å². The summed E-state index contributed by atoms with van der Waals surface area (Å²) in [5.74, 6) is -0.228. The van der Waals surface area contributed by atoms with Crippen LogP contribution in [0.2, 0.25) is 0 Å². The van der Waals surface area contributed by atoms with Crippen LogP contribution in [0.25, 0.3) is 0 Å². The lowest BCUT2D eigenvalue weighted by Crippen LogP contribution is -2.52. The number of nitrogens with zero attached hydrogens (tertiary/aromatic N) is 1. The number of alkyl halides is 7. The third-order valence-electron chi connectivity index (χ3n) is 11.2. The molecule has 0 aromatic heterocycles. The van der Waals surface area contributed by atoms with E-state index in [0.29, 0.717) is 57.1 Å². The average Bonchev–Trinajstić information content (AvgIpc) is 3.68. The number of fused-ring (bicyclic) bond motifs is 4. The van der Waals surface area contributed by atoms with E-state index in [-0.39, 0.29) is 47.9 Å². The summed E-state index contributed by atoms with van der Waals surface area (Å²) < 4.78 is 123. The topological polar surface area (TPSA) is 74.7 Å². The minimum atomic E-state index is -6.32. The van der Waals surface area contributed by atoms with Crippen LogP contribution in [0, 0.1) is 10.8 Å². The minimum Gasteiger partial charge on any atom is -0.396 e. The van der Waals surface area contributed by atoms with Gasteiger partial charge in [0.2, 0.25) is 5.91 Å². The molecule has 0 radical (unpaired) electrons. The molecule has 1 heterocycles. The quantitative estimate of drug-likeness (QED) is 0.350. The first-order valence-corrected chi connectivity index (χ1v) is 16.6. The fourth-order valence-corrected chi connectivity index (χ4v) is 10.3. The Balaban J connectivity index is 1.41. The highest BCUT2D eigenvalue weighted by atomic mass is 32.2. The Labute approximate surface area is 256 Å². The number of hydrogen-bond donors (Lipinski definition) is 1. The highest BCUT2D eigenvalue weighted by Gasteiger charge is 2.73. The minimum absolute atomic E-state index is 0.00972. The van der Waals surface area contributed by atoms with Crippen LogP contribution < -0.4 is 0 Å². The number of hydrogen-bond acceptors (Lipinski definition) is 4. The van der Waals surface area contributed by atoms with Crippen molar-refractivity contribution >= 4 is 15.7 Å². The van der Waals surface area contributed by atoms with Gasteiger partial charge in [-0.2, -0.15) is 26.3 Å². The molecule has 3 saturated carbocycles. The summed E-state index contributed by atoms with van der Waals surface area (Å²) in [4.78, 5) is 15.5. The van der Waals surface area contributed by atoms with E-state index in [1.807, 2.05) is 0 Å². The van der Waals surface area contributed by atoms with Crippen LogP contribution >= 0.6 is 0 Å². The number of carbonyl (C=O) groups excluding carboxylic acids is 1. The smallest absolute Gasteiger partial charge is 0.396 e. The number of aliphatic hydroxyl groups excluding tert-OH is 1. The van der Waals surface area contributed by atoms with Crippen molar-refractivity contribution in [3.8, 4) is 0 Å². The van der Waals surface area contributed by atoms with Crippen LogP contribution in [0.4, 0.5) is 30.7 Å². The lowest BCUT2D eigenvalue weighted by Gasteiger charge is -2.52. The predicted octanol–water partition coefficient (Wildman–Crippen LogP) is 6.70. The van der Waals surface area contributed by atoms with Crippen LogP contribution in [0.1, 0.15) is 73.6 Å². The van der Waals surface area contributed by atoms with Gasteiger partial charge in [-0.05, 0) is 98.4 Å². The molecule has 7 rings (SSSR count). The van der Waals surface area contributed by atoms with Crippen LogP contribution in [-0.2, 0) is 37.9 Å². The Morgan fingerprint density at radius 2 is 1.38 bits per heavy atom. The highest BCUT2D eigenvalue weighted by Crippen LogP contribution is 2.58. The zero-order valence-corrected chi connectivity index (χ0v) is 25.2. The average molecular weight is 662 g/mol. The van der Waals surface area contributed by atoms with Gasteiger partial charge in [-0.1, -0.05) is 30.3 Å². The van der Waals surface area contributed by atoms with Gasteiger partial charge in [0, 0.05) is 30.7 Å². The highest BCUT2D eigenvalue weighted by molar-refractivity contribution is 7.92. The van der Waals surface area contributed by atoms with Crippen molar-refractivity contribution in [1.29, 1.82) is 0 Å². The van der Waals surface area contributed by atoms with Crippen LogP contribution in [0.5, 0.6) is 0 Å². The van der Waals surface area contributed by atoms with Gasteiger partial charge < -0.3 is 10.0 Å². The van der Waals surface area contributed by atoms with E-state index in [0.717, 1.165) is 36.1 Å². The van der Waals surface area contributed by atoms with Gasteiger partial charge in [-0.3, -0.25) is 4.79 Å². The maximum absolute atomic E-state index is 14.8. The molecule has 2 aromatic carbocycles. The zero-order valence-electron chi connectivity index (χ0n) is 24.4. The molecule has 45 heavy (non-hydrogen) atoms. The van der Waals surface area contributed by atoms with E-state index >= 15 is 0 Å². The molecule has 5 nitrogen and oxygen atoms in total. The molecule has 1 amide bonds. The van der Waals surface area contributed by atoms with Gasteiger partial charge >= 0.3 is 18.0 Å². The van der Waals surface area contributed by atoms with Crippen molar-refractivity contribution in [2.45, 2.75) is 91.9 Å². The number of aliphatic hydroxyl groups is 1. The molecule has 2 bridgehead atoms. The Bertz CT molecular complexity index is 1560. The second-order valence-electron chi connectivity index (χ2n) is 13.4. The summed E-state index contributed by atoms with van der Waals surface area (Å²) in [7, 11) is -4.37. The second-order valence-corrected chi connectivity index (χ2v) is 15.7. The standard InChI is InChI=1S/C32H34F7NO4S/c33-30(31(34,35)36,32(37,38)39)24-7-5-23(6-8-24)29(45(43,44)25-9-4-21-2-1-3-22(21)18-25)16-17-40(19-29)26(42)28-13-10-27(20-41,11-14-28)12-15-28/h4-9,18,41H,1-3,10-17,19-20H2/t27-,28-,29?. The molecular weight excluding hydrogens is 627 g/mol. The van der Waals surface area contributed by atoms with E-state index in [9.17, 15) is 49.1 Å². The number of aryl methyl sites for hydroxylation is 2.